The molecule has 1 atom stereocenters. The fourth-order valence-electron chi connectivity index (χ4n) is 2.68. The summed E-state index contributed by atoms with van der Waals surface area (Å²) in [6.07, 6.45) is 1.61. The molecule has 0 unspecified atom stereocenters. The summed E-state index contributed by atoms with van der Waals surface area (Å²) in [4.78, 5) is 14.5. The molecule has 1 amide bonds. The van der Waals surface area contributed by atoms with E-state index in [1.165, 1.54) is 31.4 Å². The van der Waals surface area contributed by atoms with E-state index >= 15 is 0 Å². The SMILES string of the molecule is CC[C@@H](C)N(Cc1ccc(OC)c(OS(C)(=O)=O)c1)C(=O)c1ccccc1F. The third kappa shape index (κ3) is 5.45. The number of rotatable bonds is 8. The van der Waals surface area contributed by atoms with Gasteiger partial charge in [-0.2, -0.15) is 8.42 Å². The van der Waals surface area contributed by atoms with Gasteiger partial charge in [-0.15, -0.1) is 0 Å². The summed E-state index contributed by atoms with van der Waals surface area (Å²) in [6.45, 7) is 3.96. The predicted molar refractivity (Wildman–Crippen MR) is 104 cm³/mol. The Morgan fingerprint density at radius 3 is 2.43 bits per heavy atom. The van der Waals surface area contributed by atoms with Crippen LogP contribution in [0.4, 0.5) is 4.39 Å². The molecule has 2 aromatic carbocycles. The summed E-state index contributed by atoms with van der Waals surface area (Å²) >= 11 is 0. The Hall–Kier alpha value is -2.61. The Bertz CT molecular complexity index is 945. The maximum Gasteiger partial charge on any atom is 0.306 e. The number of methoxy groups -OCH3 is 1. The van der Waals surface area contributed by atoms with Crippen LogP contribution in [0.25, 0.3) is 0 Å². The summed E-state index contributed by atoms with van der Waals surface area (Å²) in [5, 5.41) is 0. The first-order chi connectivity index (χ1) is 13.2. The molecule has 0 aromatic heterocycles. The normalized spacial score (nSPS) is 12.3. The van der Waals surface area contributed by atoms with Gasteiger partial charge in [0.25, 0.3) is 5.91 Å². The molecule has 0 aliphatic heterocycles. The zero-order valence-corrected chi connectivity index (χ0v) is 17.1. The van der Waals surface area contributed by atoms with Crippen LogP contribution in [0.1, 0.15) is 36.2 Å². The summed E-state index contributed by atoms with van der Waals surface area (Å²) in [6, 6.07) is 10.4. The Kier molecular flexibility index (Phi) is 7.01. The minimum atomic E-state index is -3.75. The number of halogens is 1. The predicted octanol–water partition coefficient (Wildman–Crippen LogP) is 3.61. The largest absolute Gasteiger partial charge is 0.493 e. The molecule has 0 bridgehead atoms. The van der Waals surface area contributed by atoms with Crippen LogP contribution < -0.4 is 8.92 Å². The van der Waals surface area contributed by atoms with Gasteiger partial charge in [0.15, 0.2) is 11.5 Å². The lowest BCUT2D eigenvalue weighted by molar-refractivity contribution is 0.0666. The lowest BCUT2D eigenvalue weighted by Crippen LogP contribution is -2.38. The van der Waals surface area contributed by atoms with E-state index in [0.29, 0.717) is 12.0 Å². The molecule has 2 aromatic rings. The topological polar surface area (TPSA) is 72.9 Å². The van der Waals surface area contributed by atoms with Gasteiger partial charge in [0.05, 0.1) is 18.9 Å². The minimum absolute atomic E-state index is 0.0103. The standard InChI is InChI=1S/C20H24FNO5S/c1-5-14(2)22(20(23)16-8-6-7-9-17(16)21)13-15-10-11-18(26-3)19(12-15)27-28(4,24)25/h6-12,14H,5,13H2,1-4H3/t14-/m1/s1. The highest BCUT2D eigenvalue weighted by atomic mass is 32.2. The van der Waals surface area contributed by atoms with Gasteiger partial charge in [0, 0.05) is 12.6 Å². The van der Waals surface area contributed by atoms with Crippen LogP contribution in [-0.4, -0.2) is 38.6 Å². The van der Waals surface area contributed by atoms with Crippen LogP contribution in [-0.2, 0) is 16.7 Å². The van der Waals surface area contributed by atoms with Crippen LogP contribution in [0.3, 0.4) is 0 Å². The Labute approximate surface area is 165 Å². The molecule has 0 spiro atoms. The zero-order valence-electron chi connectivity index (χ0n) is 16.3. The van der Waals surface area contributed by atoms with E-state index in [1.807, 2.05) is 13.8 Å². The first kappa shape index (κ1) is 21.7. The quantitative estimate of drug-likeness (QED) is 0.623. The van der Waals surface area contributed by atoms with E-state index in [9.17, 15) is 17.6 Å². The van der Waals surface area contributed by atoms with E-state index in [-0.39, 0.29) is 29.6 Å². The van der Waals surface area contributed by atoms with Crippen LogP contribution >= 0.6 is 0 Å². The molecule has 8 heteroatoms. The molecule has 6 nitrogen and oxygen atoms in total. The molecule has 0 aliphatic carbocycles. The number of ether oxygens (including phenoxy) is 1. The number of carbonyl (C=O) groups is 1. The second-order valence-electron chi connectivity index (χ2n) is 6.44. The molecule has 0 N–H and O–H groups in total. The molecular weight excluding hydrogens is 385 g/mol. The number of hydrogen-bond acceptors (Lipinski definition) is 5. The number of carbonyl (C=O) groups excluding carboxylic acids is 1. The fraction of sp³-hybridized carbons (Fsp3) is 0.350. The van der Waals surface area contributed by atoms with Gasteiger partial charge in [-0.05, 0) is 43.2 Å². The maximum atomic E-state index is 14.1. The summed E-state index contributed by atoms with van der Waals surface area (Å²) < 4.78 is 47.2. The summed E-state index contributed by atoms with van der Waals surface area (Å²) in [7, 11) is -2.35. The van der Waals surface area contributed by atoms with Gasteiger partial charge >= 0.3 is 10.1 Å². The summed E-state index contributed by atoms with van der Waals surface area (Å²) in [5.41, 5.74) is 0.619. The molecule has 28 heavy (non-hydrogen) atoms. The highest BCUT2D eigenvalue weighted by Gasteiger charge is 2.24. The van der Waals surface area contributed by atoms with Gasteiger partial charge in [0.2, 0.25) is 0 Å². The van der Waals surface area contributed by atoms with E-state index in [0.717, 1.165) is 6.26 Å². The van der Waals surface area contributed by atoms with Gasteiger partial charge < -0.3 is 13.8 Å². The third-order valence-electron chi connectivity index (χ3n) is 4.31. The second-order valence-corrected chi connectivity index (χ2v) is 8.02. The van der Waals surface area contributed by atoms with Crippen LogP contribution in [0.15, 0.2) is 42.5 Å². The van der Waals surface area contributed by atoms with E-state index < -0.39 is 21.8 Å². The van der Waals surface area contributed by atoms with Gasteiger partial charge in [-0.1, -0.05) is 25.1 Å². The van der Waals surface area contributed by atoms with Crippen LogP contribution in [0, 0.1) is 5.82 Å². The molecule has 0 aliphatic rings. The molecule has 152 valence electrons. The van der Waals surface area contributed by atoms with E-state index in [1.54, 1.807) is 23.1 Å². The summed E-state index contributed by atoms with van der Waals surface area (Å²) in [5.74, 6) is -0.736. The van der Waals surface area contributed by atoms with Crippen molar-refractivity contribution < 1.29 is 26.5 Å². The van der Waals surface area contributed by atoms with Crippen molar-refractivity contribution in [2.24, 2.45) is 0 Å². The number of benzene rings is 2. The maximum absolute atomic E-state index is 14.1. The lowest BCUT2D eigenvalue weighted by atomic mass is 10.1. The molecule has 0 heterocycles. The van der Waals surface area contributed by atoms with E-state index in [2.05, 4.69) is 0 Å². The minimum Gasteiger partial charge on any atom is -0.493 e. The van der Waals surface area contributed by atoms with Crippen molar-refractivity contribution in [2.45, 2.75) is 32.9 Å². The molecular formula is C20H24FNO5S. The number of nitrogens with zero attached hydrogens (tertiary/aromatic N) is 1. The van der Waals surface area contributed by atoms with Crippen molar-refractivity contribution in [1.82, 2.24) is 4.90 Å². The van der Waals surface area contributed by atoms with Crippen molar-refractivity contribution >= 4 is 16.0 Å². The fourth-order valence-corrected chi connectivity index (χ4v) is 3.14. The van der Waals surface area contributed by atoms with Crippen molar-refractivity contribution in [3.63, 3.8) is 0 Å². The smallest absolute Gasteiger partial charge is 0.306 e. The average Bonchev–Trinajstić information content (AvgIpc) is 2.64. The monoisotopic (exact) mass is 409 g/mol. The Morgan fingerprint density at radius 2 is 1.86 bits per heavy atom. The Morgan fingerprint density at radius 1 is 1.18 bits per heavy atom. The lowest BCUT2D eigenvalue weighted by Gasteiger charge is -2.29. The molecule has 2 rings (SSSR count). The van der Waals surface area contributed by atoms with E-state index in [4.69, 9.17) is 8.92 Å². The van der Waals surface area contributed by atoms with Crippen molar-refractivity contribution in [3.8, 4) is 11.5 Å². The second kappa shape index (κ2) is 9.05. The van der Waals surface area contributed by atoms with Crippen LogP contribution in [0.5, 0.6) is 11.5 Å². The zero-order chi connectivity index (χ0) is 20.9. The molecule has 0 saturated carbocycles. The molecule has 0 fully saturated rings. The molecule has 0 radical (unpaired) electrons. The molecule has 0 saturated heterocycles. The third-order valence-corrected chi connectivity index (χ3v) is 4.79. The highest BCUT2D eigenvalue weighted by molar-refractivity contribution is 7.86. The first-order valence-corrected chi connectivity index (χ1v) is 10.6. The van der Waals surface area contributed by atoms with Crippen LogP contribution in [0.2, 0.25) is 0 Å². The number of hydrogen-bond donors (Lipinski definition) is 0. The average molecular weight is 409 g/mol. The van der Waals surface area contributed by atoms with Gasteiger partial charge in [-0.25, -0.2) is 4.39 Å². The van der Waals surface area contributed by atoms with Gasteiger partial charge in [-0.3, -0.25) is 4.79 Å². The first-order valence-electron chi connectivity index (χ1n) is 8.78. The van der Waals surface area contributed by atoms with Gasteiger partial charge in [0.1, 0.15) is 5.82 Å². The highest BCUT2D eigenvalue weighted by Crippen LogP contribution is 2.30. The van der Waals surface area contributed by atoms with Crippen molar-refractivity contribution in [2.75, 3.05) is 13.4 Å². The number of amides is 1. The van der Waals surface area contributed by atoms with Crippen molar-refractivity contribution in [3.05, 3.63) is 59.4 Å². The van der Waals surface area contributed by atoms with Crippen molar-refractivity contribution in [1.29, 1.82) is 0 Å². The Balaban J connectivity index is 2.38.